The van der Waals surface area contributed by atoms with E-state index in [2.05, 4.69) is 20.6 Å². The first-order valence-corrected chi connectivity index (χ1v) is 10.7. The minimum atomic E-state index is -0.603. The first-order chi connectivity index (χ1) is 15.6. The molecule has 0 radical (unpaired) electrons. The number of benzene rings is 2. The number of nitrogens with zero attached hydrogens (tertiary/aromatic N) is 5. The predicted octanol–water partition coefficient (Wildman–Crippen LogP) is 3.66. The number of piperidine rings is 1. The molecule has 1 N–H and O–H groups in total. The van der Waals surface area contributed by atoms with Crippen LogP contribution in [0.1, 0.15) is 28.8 Å². The maximum Gasteiger partial charge on any atom is 0.262 e. The third-order valence-corrected chi connectivity index (χ3v) is 5.93. The second-order valence-corrected chi connectivity index (χ2v) is 7.99. The Hall–Kier alpha value is -3.65. The minimum absolute atomic E-state index is 0.00632. The van der Waals surface area contributed by atoms with E-state index in [9.17, 15) is 4.79 Å². The Morgan fingerprint density at radius 1 is 1.22 bits per heavy atom. The van der Waals surface area contributed by atoms with Gasteiger partial charge >= 0.3 is 0 Å². The monoisotopic (exact) mass is 430 g/mol. The molecule has 1 amide bonds. The molecule has 0 aliphatic carbocycles. The van der Waals surface area contributed by atoms with Crippen LogP contribution in [0, 0.1) is 12.7 Å². The summed E-state index contributed by atoms with van der Waals surface area (Å²) in [7, 11) is 0. The van der Waals surface area contributed by atoms with Gasteiger partial charge in [0.1, 0.15) is 11.6 Å². The lowest BCUT2D eigenvalue weighted by Gasteiger charge is -2.35. The van der Waals surface area contributed by atoms with Gasteiger partial charge in [0, 0.05) is 24.2 Å². The summed E-state index contributed by atoms with van der Waals surface area (Å²) in [6.07, 6.45) is 6.60. The Morgan fingerprint density at radius 3 is 2.88 bits per heavy atom. The number of carbonyl (C=O) groups excluding carboxylic acids is 1. The van der Waals surface area contributed by atoms with E-state index in [1.807, 2.05) is 31.2 Å². The number of hydrogen-bond donors (Lipinski definition) is 1. The van der Waals surface area contributed by atoms with Gasteiger partial charge in [0.25, 0.3) is 5.91 Å². The van der Waals surface area contributed by atoms with Crippen LogP contribution in [0.15, 0.2) is 61.1 Å². The molecule has 2 aromatic carbocycles. The van der Waals surface area contributed by atoms with Gasteiger partial charge in [0.15, 0.2) is 0 Å². The third kappa shape index (κ3) is 3.62. The number of rotatable bonds is 4. The fraction of sp³-hybridized carbons (Fsp3) is 0.250. The molecule has 1 atom stereocenters. The van der Waals surface area contributed by atoms with Gasteiger partial charge in [-0.2, -0.15) is 0 Å². The number of hydrogen-bond acceptors (Lipinski definition) is 5. The van der Waals surface area contributed by atoms with Crippen LogP contribution in [0.25, 0.3) is 16.5 Å². The number of nitrogens with one attached hydrogen (secondary N) is 1. The van der Waals surface area contributed by atoms with Crippen molar-refractivity contribution >= 4 is 22.5 Å². The molecule has 162 valence electrons. The smallest absolute Gasteiger partial charge is 0.262 e. The Bertz CT molecular complexity index is 1260. The molecule has 4 aromatic rings. The first-order valence-electron chi connectivity index (χ1n) is 10.7. The molecule has 0 spiro atoms. The fourth-order valence-electron chi connectivity index (χ4n) is 4.35. The van der Waals surface area contributed by atoms with Crippen molar-refractivity contribution in [2.45, 2.75) is 25.8 Å². The molecule has 32 heavy (non-hydrogen) atoms. The number of pyridine rings is 1. The van der Waals surface area contributed by atoms with E-state index in [0.717, 1.165) is 35.7 Å². The van der Waals surface area contributed by atoms with Crippen molar-refractivity contribution in [3.63, 3.8) is 0 Å². The van der Waals surface area contributed by atoms with Crippen LogP contribution in [0.3, 0.4) is 0 Å². The van der Waals surface area contributed by atoms with Crippen molar-refractivity contribution in [3.05, 3.63) is 78.0 Å². The van der Waals surface area contributed by atoms with Gasteiger partial charge in [-0.25, -0.2) is 14.1 Å². The summed E-state index contributed by atoms with van der Waals surface area (Å²) < 4.78 is 16.6. The molecule has 1 saturated heterocycles. The lowest BCUT2D eigenvalue weighted by atomic mass is 10.0. The number of amides is 1. The van der Waals surface area contributed by atoms with Gasteiger partial charge < -0.3 is 5.32 Å². The zero-order chi connectivity index (χ0) is 22.1. The average molecular weight is 430 g/mol. The molecule has 8 heteroatoms. The summed E-state index contributed by atoms with van der Waals surface area (Å²) in [5.41, 5.74) is 1.53. The standard InChI is InChI=1S/C24H23FN6O/c1-16-4-2-5-17-9-11-27-23(22(16)17)31(19-6-3-10-26-15-19)24(32)20-8-7-18(14-21(20)25)30-13-12-28-29-30/h2,4-5,7-9,11-14,19,26H,3,6,10,15H2,1H3/t19-/m1/s1. The summed E-state index contributed by atoms with van der Waals surface area (Å²) in [5, 5.41) is 12.9. The zero-order valence-electron chi connectivity index (χ0n) is 17.7. The number of fused-ring (bicyclic) bond motifs is 1. The van der Waals surface area contributed by atoms with Gasteiger partial charge in [0.05, 0.1) is 29.7 Å². The molecule has 0 bridgehead atoms. The summed E-state index contributed by atoms with van der Waals surface area (Å²) >= 11 is 0. The Balaban J connectivity index is 1.62. The molecule has 1 aliphatic rings. The van der Waals surface area contributed by atoms with Crippen molar-refractivity contribution < 1.29 is 9.18 Å². The quantitative estimate of drug-likeness (QED) is 0.535. The Kier molecular flexibility index (Phi) is 5.36. The zero-order valence-corrected chi connectivity index (χ0v) is 17.7. The Labute approximate surface area is 184 Å². The van der Waals surface area contributed by atoms with E-state index >= 15 is 4.39 Å². The van der Waals surface area contributed by atoms with E-state index in [-0.39, 0.29) is 11.6 Å². The number of anilines is 1. The van der Waals surface area contributed by atoms with Crippen LogP contribution < -0.4 is 10.2 Å². The lowest BCUT2D eigenvalue weighted by Crippen LogP contribution is -2.49. The molecule has 0 unspecified atom stereocenters. The summed E-state index contributed by atoms with van der Waals surface area (Å²) in [6, 6.07) is 12.3. The molecule has 0 saturated carbocycles. The highest BCUT2D eigenvalue weighted by molar-refractivity contribution is 6.11. The maximum absolute atomic E-state index is 15.2. The van der Waals surface area contributed by atoms with Gasteiger partial charge in [-0.3, -0.25) is 9.69 Å². The van der Waals surface area contributed by atoms with Crippen LogP contribution in [0.5, 0.6) is 0 Å². The van der Waals surface area contributed by atoms with Crippen LogP contribution in [0.4, 0.5) is 10.2 Å². The van der Waals surface area contributed by atoms with Gasteiger partial charge in [0.2, 0.25) is 0 Å². The van der Waals surface area contributed by atoms with E-state index in [0.29, 0.717) is 18.1 Å². The largest absolute Gasteiger partial charge is 0.315 e. The molecule has 3 heterocycles. The normalized spacial score (nSPS) is 16.2. The maximum atomic E-state index is 15.2. The highest BCUT2D eigenvalue weighted by Crippen LogP contribution is 2.32. The molecular weight excluding hydrogens is 407 g/mol. The fourth-order valence-corrected chi connectivity index (χ4v) is 4.35. The predicted molar refractivity (Wildman–Crippen MR) is 120 cm³/mol. The van der Waals surface area contributed by atoms with E-state index in [1.165, 1.54) is 23.0 Å². The van der Waals surface area contributed by atoms with Crippen molar-refractivity contribution in [2.75, 3.05) is 18.0 Å². The van der Waals surface area contributed by atoms with E-state index in [1.54, 1.807) is 23.4 Å². The van der Waals surface area contributed by atoms with Gasteiger partial charge in [-0.05, 0) is 55.5 Å². The molecule has 2 aromatic heterocycles. The van der Waals surface area contributed by atoms with Crippen LogP contribution in [-0.2, 0) is 0 Å². The van der Waals surface area contributed by atoms with Gasteiger partial charge in [-0.1, -0.05) is 23.4 Å². The molecule has 7 nitrogen and oxygen atoms in total. The van der Waals surface area contributed by atoms with E-state index < -0.39 is 11.7 Å². The first kappa shape index (κ1) is 20.3. The van der Waals surface area contributed by atoms with Crippen molar-refractivity contribution in [3.8, 4) is 5.69 Å². The molecule has 1 aliphatic heterocycles. The number of aryl methyl sites for hydroxylation is 1. The van der Waals surface area contributed by atoms with E-state index in [4.69, 9.17) is 0 Å². The molecule has 1 fully saturated rings. The number of aromatic nitrogens is 4. The van der Waals surface area contributed by atoms with Crippen LogP contribution in [-0.4, -0.2) is 45.0 Å². The summed E-state index contributed by atoms with van der Waals surface area (Å²) in [5.74, 6) is -0.433. The number of halogens is 1. The number of carbonyl (C=O) groups is 1. The minimum Gasteiger partial charge on any atom is -0.315 e. The highest BCUT2D eigenvalue weighted by Gasteiger charge is 2.31. The second kappa shape index (κ2) is 8.47. The van der Waals surface area contributed by atoms with Crippen molar-refractivity contribution in [1.29, 1.82) is 0 Å². The lowest BCUT2D eigenvalue weighted by molar-refractivity contribution is 0.0968. The third-order valence-electron chi connectivity index (χ3n) is 5.93. The second-order valence-electron chi connectivity index (χ2n) is 7.99. The SMILES string of the molecule is Cc1cccc2ccnc(N(C(=O)c3ccc(-n4ccnn4)cc3F)[C@@H]3CCCNC3)c12. The van der Waals surface area contributed by atoms with Crippen molar-refractivity contribution in [2.24, 2.45) is 0 Å². The van der Waals surface area contributed by atoms with Crippen LogP contribution in [0.2, 0.25) is 0 Å². The topological polar surface area (TPSA) is 75.9 Å². The van der Waals surface area contributed by atoms with Crippen molar-refractivity contribution in [1.82, 2.24) is 25.3 Å². The highest BCUT2D eigenvalue weighted by atomic mass is 19.1. The Morgan fingerprint density at radius 2 is 2.12 bits per heavy atom. The van der Waals surface area contributed by atoms with Crippen LogP contribution >= 0.6 is 0 Å². The molecular formula is C24H23FN6O. The summed E-state index contributed by atoms with van der Waals surface area (Å²) in [4.78, 5) is 20.1. The average Bonchev–Trinajstić information content (AvgIpc) is 3.35. The summed E-state index contributed by atoms with van der Waals surface area (Å²) in [6.45, 7) is 3.54. The van der Waals surface area contributed by atoms with Gasteiger partial charge in [-0.15, -0.1) is 5.10 Å². The molecule has 5 rings (SSSR count).